The van der Waals surface area contributed by atoms with Crippen molar-refractivity contribution in [2.75, 3.05) is 19.6 Å². The second-order valence-electron chi connectivity index (χ2n) is 7.70. The summed E-state index contributed by atoms with van der Waals surface area (Å²) in [6.07, 6.45) is 14.6. The minimum absolute atomic E-state index is 0.818. The molecular weight excluding hydrogens is 244 g/mol. The summed E-state index contributed by atoms with van der Waals surface area (Å²) in [5, 5.41) is 3.84. The van der Waals surface area contributed by atoms with Gasteiger partial charge in [0.15, 0.2) is 0 Å². The highest BCUT2D eigenvalue weighted by Crippen LogP contribution is 2.34. The number of likely N-dealkylation sites (tertiary alicyclic amines) is 1. The number of nitrogens with one attached hydrogen (secondary N) is 1. The molecule has 116 valence electrons. The van der Waals surface area contributed by atoms with E-state index < -0.39 is 0 Å². The molecule has 2 atom stereocenters. The SMILES string of the molecule is CC1CCC(NCCN2CCCC3CCCCC32)CC1. The predicted octanol–water partition coefficient (Wildman–Crippen LogP) is 3.81. The van der Waals surface area contributed by atoms with Crippen LogP contribution in [0.5, 0.6) is 0 Å². The summed E-state index contributed by atoms with van der Waals surface area (Å²) in [4.78, 5) is 2.83. The van der Waals surface area contributed by atoms with Gasteiger partial charge in [-0.15, -0.1) is 0 Å². The molecule has 20 heavy (non-hydrogen) atoms. The first-order chi connectivity index (χ1) is 9.83. The molecule has 0 aromatic heterocycles. The number of hydrogen-bond donors (Lipinski definition) is 1. The van der Waals surface area contributed by atoms with Gasteiger partial charge in [-0.2, -0.15) is 0 Å². The molecule has 2 unspecified atom stereocenters. The van der Waals surface area contributed by atoms with Crippen LogP contribution < -0.4 is 5.32 Å². The average molecular weight is 278 g/mol. The van der Waals surface area contributed by atoms with Crippen LogP contribution in [0.1, 0.15) is 71.1 Å². The van der Waals surface area contributed by atoms with E-state index in [-0.39, 0.29) is 0 Å². The lowest BCUT2D eigenvalue weighted by atomic mass is 9.78. The Labute approximate surface area is 125 Å². The van der Waals surface area contributed by atoms with Gasteiger partial charge in [-0.25, -0.2) is 0 Å². The molecule has 1 heterocycles. The van der Waals surface area contributed by atoms with E-state index in [4.69, 9.17) is 0 Å². The van der Waals surface area contributed by atoms with Crippen LogP contribution in [0.4, 0.5) is 0 Å². The molecule has 2 aliphatic carbocycles. The Morgan fingerprint density at radius 1 is 0.900 bits per heavy atom. The van der Waals surface area contributed by atoms with E-state index in [0.29, 0.717) is 0 Å². The Hall–Kier alpha value is -0.0800. The quantitative estimate of drug-likeness (QED) is 0.841. The van der Waals surface area contributed by atoms with E-state index in [1.54, 1.807) is 0 Å². The van der Waals surface area contributed by atoms with Crippen molar-refractivity contribution in [3.05, 3.63) is 0 Å². The Morgan fingerprint density at radius 3 is 2.50 bits per heavy atom. The van der Waals surface area contributed by atoms with Gasteiger partial charge in [-0.05, 0) is 69.7 Å². The van der Waals surface area contributed by atoms with Crippen LogP contribution in [-0.4, -0.2) is 36.6 Å². The highest BCUT2D eigenvalue weighted by Gasteiger charge is 2.32. The molecule has 2 nitrogen and oxygen atoms in total. The third kappa shape index (κ3) is 3.76. The molecule has 0 aromatic carbocycles. The molecule has 3 aliphatic rings. The second-order valence-corrected chi connectivity index (χ2v) is 7.70. The second kappa shape index (κ2) is 7.26. The highest BCUT2D eigenvalue weighted by atomic mass is 15.2. The van der Waals surface area contributed by atoms with Crippen LogP contribution in [0.25, 0.3) is 0 Å². The standard InChI is InChI=1S/C18H34N2/c1-15-8-10-17(11-9-15)19-12-14-20-13-4-6-16-5-2-3-7-18(16)20/h15-19H,2-14H2,1H3. The van der Waals surface area contributed by atoms with Crippen LogP contribution >= 0.6 is 0 Å². The zero-order valence-corrected chi connectivity index (χ0v) is 13.4. The maximum absolute atomic E-state index is 3.84. The van der Waals surface area contributed by atoms with Gasteiger partial charge < -0.3 is 5.32 Å². The third-order valence-corrected chi connectivity index (χ3v) is 6.21. The average Bonchev–Trinajstić information content (AvgIpc) is 2.49. The van der Waals surface area contributed by atoms with Gasteiger partial charge in [0.2, 0.25) is 0 Å². The van der Waals surface area contributed by atoms with Crippen LogP contribution in [0.2, 0.25) is 0 Å². The zero-order valence-electron chi connectivity index (χ0n) is 13.4. The predicted molar refractivity (Wildman–Crippen MR) is 86.0 cm³/mol. The van der Waals surface area contributed by atoms with Crippen molar-refractivity contribution in [2.45, 2.75) is 83.2 Å². The van der Waals surface area contributed by atoms with Crippen molar-refractivity contribution in [3.8, 4) is 0 Å². The molecule has 2 heteroatoms. The summed E-state index contributed by atoms with van der Waals surface area (Å²) in [5.74, 6) is 2.01. The molecular formula is C18H34N2. The van der Waals surface area contributed by atoms with Gasteiger partial charge >= 0.3 is 0 Å². The summed E-state index contributed by atoms with van der Waals surface area (Å²) in [5.41, 5.74) is 0. The fourth-order valence-corrected chi connectivity index (χ4v) is 4.88. The van der Waals surface area contributed by atoms with Crippen molar-refractivity contribution in [1.82, 2.24) is 10.2 Å². The lowest BCUT2D eigenvalue weighted by Crippen LogP contribution is -2.49. The Balaban J connectivity index is 1.39. The van der Waals surface area contributed by atoms with Crippen molar-refractivity contribution < 1.29 is 0 Å². The fourth-order valence-electron chi connectivity index (χ4n) is 4.88. The maximum Gasteiger partial charge on any atom is 0.0124 e. The van der Waals surface area contributed by atoms with Crippen molar-refractivity contribution in [2.24, 2.45) is 11.8 Å². The minimum Gasteiger partial charge on any atom is -0.313 e. The van der Waals surface area contributed by atoms with Crippen molar-refractivity contribution >= 4 is 0 Å². The fraction of sp³-hybridized carbons (Fsp3) is 1.00. The van der Waals surface area contributed by atoms with Gasteiger partial charge in [-0.1, -0.05) is 19.8 Å². The van der Waals surface area contributed by atoms with Gasteiger partial charge in [0.1, 0.15) is 0 Å². The lowest BCUT2D eigenvalue weighted by molar-refractivity contribution is 0.0608. The normalized spacial score (nSPS) is 39.5. The smallest absolute Gasteiger partial charge is 0.0124 e. The zero-order chi connectivity index (χ0) is 13.8. The monoisotopic (exact) mass is 278 g/mol. The molecule has 2 saturated carbocycles. The number of rotatable bonds is 4. The van der Waals surface area contributed by atoms with Gasteiger partial charge in [0.25, 0.3) is 0 Å². The number of piperidine rings is 1. The molecule has 0 bridgehead atoms. The van der Waals surface area contributed by atoms with Gasteiger partial charge in [0, 0.05) is 25.2 Å². The van der Waals surface area contributed by atoms with Crippen molar-refractivity contribution in [1.29, 1.82) is 0 Å². The number of hydrogen-bond acceptors (Lipinski definition) is 2. The van der Waals surface area contributed by atoms with Crippen LogP contribution in [0, 0.1) is 11.8 Å². The summed E-state index contributed by atoms with van der Waals surface area (Å²) in [6, 6.07) is 1.75. The molecule has 1 N–H and O–H groups in total. The number of fused-ring (bicyclic) bond motifs is 1. The van der Waals surface area contributed by atoms with E-state index in [0.717, 1.165) is 23.9 Å². The summed E-state index contributed by atoms with van der Waals surface area (Å²) >= 11 is 0. The van der Waals surface area contributed by atoms with Crippen LogP contribution in [-0.2, 0) is 0 Å². The van der Waals surface area contributed by atoms with Crippen LogP contribution in [0.3, 0.4) is 0 Å². The van der Waals surface area contributed by atoms with E-state index in [1.807, 2.05) is 0 Å². The Bertz CT molecular complexity index is 281. The van der Waals surface area contributed by atoms with E-state index in [9.17, 15) is 0 Å². The largest absolute Gasteiger partial charge is 0.313 e. The molecule has 0 spiro atoms. The van der Waals surface area contributed by atoms with Crippen molar-refractivity contribution in [3.63, 3.8) is 0 Å². The summed E-state index contributed by atoms with van der Waals surface area (Å²) in [7, 11) is 0. The lowest BCUT2D eigenvalue weighted by Gasteiger charge is -2.44. The molecule has 3 fully saturated rings. The minimum atomic E-state index is 0.818. The first-order valence-electron chi connectivity index (χ1n) is 9.30. The Morgan fingerprint density at radius 2 is 1.65 bits per heavy atom. The first kappa shape index (κ1) is 14.8. The van der Waals surface area contributed by atoms with Crippen LogP contribution in [0.15, 0.2) is 0 Å². The molecule has 1 saturated heterocycles. The van der Waals surface area contributed by atoms with E-state index >= 15 is 0 Å². The maximum atomic E-state index is 3.84. The van der Waals surface area contributed by atoms with E-state index in [2.05, 4.69) is 17.1 Å². The molecule has 0 aromatic rings. The van der Waals surface area contributed by atoms with Gasteiger partial charge in [-0.3, -0.25) is 4.90 Å². The summed E-state index contributed by atoms with van der Waals surface area (Å²) in [6.45, 7) is 6.30. The molecule has 0 amide bonds. The molecule has 0 radical (unpaired) electrons. The number of nitrogens with zero attached hydrogens (tertiary/aromatic N) is 1. The first-order valence-corrected chi connectivity index (χ1v) is 9.30. The van der Waals surface area contributed by atoms with E-state index in [1.165, 1.54) is 83.8 Å². The Kier molecular flexibility index (Phi) is 5.39. The van der Waals surface area contributed by atoms with Gasteiger partial charge in [0.05, 0.1) is 0 Å². The molecule has 1 aliphatic heterocycles. The summed E-state index contributed by atoms with van der Waals surface area (Å²) < 4.78 is 0. The topological polar surface area (TPSA) is 15.3 Å². The third-order valence-electron chi connectivity index (χ3n) is 6.21. The molecule has 3 rings (SSSR count). The highest BCUT2D eigenvalue weighted by molar-refractivity contribution is 4.87.